The Kier molecular flexibility index (Phi) is 5.07. The van der Waals surface area contributed by atoms with E-state index in [0.29, 0.717) is 23.7 Å². The van der Waals surface area contributed by atoms with Crippen molar-refractivity contribution in [3.8, 4) is 5.75 Å². The van der Waals surface area contributed by atoms with Gasteiger partial charge in [-0.1, -0.05) is 11.6 Å². The Morgan fingerprint density at radius 1 is 1.40 bits per heavy atom. The first-order chi connectivity index (χ1) is 9.66. The second-order valence-electron chi connectivity index (χ2n) is 4.38. The van der Waals surface area contributed by atoms with Gasteiger partial charge < -0.3 is 14.5 Å². The van der Waals surface area contributed by atoms with E-state index in [2.05, 4.69) is 5.32 Å². The Labute approximate surface area is 122 Å². The Morgan fingerprint density at radius 2 is 2.25 bits per heavy atom. The Bertz CT molecular complexity index is 567. The fraction of sp³-hybridized carbons (Fsp3) is 0.267. The second kappa shape index (κ2) is 7.01. The van der Waals surface area contributed by atoms with E-state index in [-0.39, 0.29) is 5.91 Å². The lowest BCUT2D eigenvalue weighted by molar-refractivity contribution is 0.0951. The van der Waals surface area contributed by atoms with E-state index < -0.39 is 0 Å². The minimum Gasteiger partial charge on any atom is -0.493 e. The average Bonchev–Trinajstić information content (AvgIpc) is 2.94. The van der Waals surface area contributed by atoms with Crippen LogP contribution in [0.2, 0.25) is 5.02 Å². The predicted molar refractivity (Wildman–Crippen MR) is 77.3 cm³/mol. The van der Waals surface area contributed by atoms with Crippen molar-refractivity contribution in [3.63, 3.8) is 0 Å². The van der Waals surface area contributed by atoms with Crippen LogP contribution < -0.4 is 10.1 Å². The molecule has 0 spiro atoms. The van der Waals surface area contributed by atoms with Crippen molar-refractivity contribution in [1.82, 2.24) is 5.32 Å². The van der Waals surface area contributed by atoms with Crippen LogP contribution in [0.4, 0.5) is 0 Å². The molecule has 1 heterocycles. The summed E-state index contributed by atoms with van der Waals surface area (Å²) in [7, 11) is 0. The topological polar surface area (TPSA) is 51.5 Å². The van der Waals surface area contributed by atoms with Crippen molar-refractivity contribution in [2.45, 2.75) is 13.3 Å². The quantitative estimate of drug-likeness (QED) is 0.830. The Balaban J connectivity index is 1.68. The van der Waals surface area contributed by atoms with Gasteiger partial charge in [0.05, 0.1) is 18.4 Å². The van der Waals surface area contributed by atoms with Crippen molar-refractivity contribution in [3.05, 3.63) is 52.9 Å². The van der Waals surface area contributed by atoms with E-state index >= 15 is 0 Å². The van der Waals surface area contributed by atoms with Crippen LogP contribution in [0.15, 0.2) is 41.2 Å². The van der Waals surface area contributed by atoms with E-state index in [4.69, 9.17) is 20.8 Å². The molecule has 0 aliphatic heterocycles. The number of rotatable bonds is 6. The molecule has 0 atom stereocenters. The zero-order chi connectivity index (χ0) is 14.4. The van der Waals surface area contributed by atoms with E-state index in [9.17, 15) is 4.79 Å². The summed E-state index contributed by atoms with van der Waals surface area (Å²) in [5.74, 6) is 0.678. The van der Waals surface area contributed by atoms with Gasteiger partial charge in [0.1, 0.15) is 12.0 Å². The number of halogens is 1. The molecule has 106 valence electrons. The molecule has 0 radical (unpaired) electrons. The predicted octanol–water partition coefficient (Wildman–Crippen LogP) is 3.44. The first-order valence-corrected chi connectivity index (χ1v) is 6.74. The normalized spacial score (nSPS) is 10.3. The maximum atomic E-state index is 11.6. The van der Waals surface area contributed by atoms with Gasteiger partial charge >= 0.3 is 0 Å². The minimum absolute atomic E-state index is 0.138. The summed E-state index contributed by atoms with van der Waals surface area (Å²) < 4.78 is 10.5. The van der Waals surface area contributed by atoms with Crippen LogP contribution >= 0.6 is 11.6 Å². The fourth-order valence-corrected chi connectivity index (χ4v) is 1.95. The monoisotopic (exact) mass is 293 g/mol. The van der Waals surface area contributed by atoms with E-state index in [1.54, 1.807) is 12.1 Å². The number of carbonyl (C=O) groups excluding carboxylic acids is 1. The third kappa shape index (κ3) is 4.03. The number of carbonyl (C=O) groups is 1. The van der Waals surface area contributed by atoms with Gasteiger partial charge in [-0.2, -0.15) is 0 Å². The largest absolute Gasteiger partial charge is 0.493 e. The number of ether oxygens (including phenoxy) is 1. The molecule has 2 aromatic rings. The summed E-state index contributed by atoms with van der Waals surface area (Å²) >= 11 is 5.87. The van der Waals surface area contributed by atoms with Gasteiger partial charge in [-0.15, -0.1) is 0 Å². The van der Waals surface area contributed by atoms with Crippen molar-refractivity contribution >= 4 is 17.5 Å². The molecule has 4 nitrogen and oxygen atoms in total. The van der Waals surface area contributed by atoms with Crippen LogP contribution in [0.3, 0.4) is 0 Å². The molecule has 0 saturated heterocycles. The highest BCUT2D eigenvalue weighted by Crippen LogP contribution is 2.21. The molecule has 1 amide bonds. The highest BCUT2D eigenvalue weighted by atomic mass is 35.5. The van der Waals surface area contributed by atoms with Gasteiger partial charge in [-0.3, -0.25) is 4.79 Å². The van der Waals surface area contributed by atoms with Crippen LogP contribution in [0.25, 0.3) is 0 Å². The van der Waals surface area contributed by atoms with E-state index in [1.807, 2.05) is 19.1 Å². The number of furan rings is 1. The summed E-state index contributed by atoms with van der Waals surface area (Å²) in [5.41, 5.74) is 1.53. The van der Waals surface area contributed by atoms with Crippen LogP contribution in [0, 0.1) is 6.92 Å². The van der Waals surface area contributed by atoms with Crippen molar-refractivity contribution < 1.29 is 13.9 Å². The molecule has 1 aromatic carbocycles. The first-order valence-electron chi connectivity index (χ1n) is 6.36. The lowest BCUT2D eigenvalue weighted by atomic mass is 10.2. The molecular formula is C15H16ClNO3. The molecule has 1 aromatic heterocycles. The lowest BCUT2D eigenvalue weighted by Crippen LogP contribution is -2.25. The summed E-state index contributed by atoms with van der Waals surface area (Å²) in [5, 5.41) is 3.49. The number of nitrogens with one attached hydrogen (secondary N) is 1. The number of amides is 1. The molecule has 0 aliphatic rings. The van der Waals surface area contributed by atoms with Crippen LogP contribution in [-0.4, -0.2) is 19.1 Å². The molecule has 0 fully saturated rings. The average molecular weight is 294 g/mol. The zero-order valence-electron chi connectivity index (χ0n) is 11.2. The van der Waals surface area contributed by atoms with Crippen molar-refractivity contribution in [2.24, 2.45) is 0 Å². The molecule has 0 bridgehead atoms. The van der Waals surface area contributed by atoms with Gasteiger partial charge in [0.15, 0.2) is 0 Å². The van der Waals surface area contributed by atoms with Crippen molar-refractivity contribution in [2.75, 3.05) is 13.2 Å². The van der Waals surface area contributed by atoms with Crippen molar-refractivity contribution in [1.29, 1.82) is 0 Å². The summed E-state index contributed by atoms with van der Waals surface area (Å²) in [4.78, 5) is 11.6. The maximum Gasteiger partial charge on any atom is 0.254 e. The molecule has 5 heteroatoms. The number of hydrogen-bond acceptors (Lipinski definition) is 3. The second-order valence-corrected chi connectivity index (χ2v) is 4.82. The molecule has 0 unspecified atom stereocenters. The minimum atomic E-state index is -0.138. The zero-order valence-corrected chi connectivity index (χ0v) is 11.9. The van der Waals surface area contributed by atoms with Crippen LogP contribution in [-0.2, 0) is 0 Å². The standard InChI is InChI=1S/C15H16ClNO3/c1-11-9-13(16)3-4-14(11)20-7-2-6-17-15(18)12-5-8-19-10-12/h3-5,8-10H,2,6-7H2,1H3,(H,17,18). The van der Waals surface area contributed by atoms with Gasteiger partial charge in [-0.05, 0) is 43.2 Å². The lowest BCUT2D eigenvalue weighted by Gasteiger charge is -2.09. The molecule has 0 aliphatic carbocycles. The van der Waals surface area contributed by atoms with Gasteiger partial charge in [-0.25, -0.2) is 0 Å². The highest BCUT2D eigenvalue weighted by Gasteiger charge is 2.05. The molecule has 20 heavy (non-hydrogen) atoms. The van der Waals surface area contributed by atoms with E-state index in [0.717, 1.165) is 17.7 Å². The third-order valence-corrected chi connectivity index (χ3v) is 3.02. The molecular weight excluding hydrogens is 278 g/mol. The SMILES string of the molecule is Cc1cc(Cl)ccc1OCCCNC(=O)c1ccoc1. The third-order valence-electron chi connectivity index (χ3n) is 2.78. The summed E-state index contributed by atoms with van der Waals surface area (Å²) in [6.45, 7) is 3.03. The van der Waals surface area contributed by atoms with Gasteiger partial charge in [0.25, 0.3) is 5.91 Å². The number of hydrogen-bond donors (Lipinski definition) is 1. The maximum absolute atomic E-state index is 11.6. The van der Waals surface area contributed by atoms with Gasteiger partial charge in [0, 0.05) is 11.6 Å². The highest BCUT2D eigenvalue weighted by molar-refractivity contribution is 6.30. The van der Waals surface area contributed by atoms with Gasteiger partial charge in [0.2, 0.25) is 0 Å². The molecule has 1 N–H and O–H groups in total. The van der Waals surface area contributed by atoms with E-state index in [1.165, 1.54) is 12.5 Å². The Morgan fingerprint density at radius 3 is 2.95 bits per heavy atom. The smallest absolute Gasteiger partial charge is 0.254 e. The fourth-order valence-electron chi connectivity index (χ4n) is 1.73. The first kappa shape index (κ1) is 14.5. The molecule has 2 rings (SSSR count). The van der Waals surface area contributed by atoms with Crippen LogP contribution in [0.1, 0.15) is 22.3 Å². The van der Waals surface area contributed by atoms with Crippen LogP contribution in [0.5, 0.6) is 5.75 Å². The Hall–Kier alpha value is -1.94. The summed E-state index contributed by atoms with van der Waals surface area (Å²) in [6, 6.07) is 7.13. The molecule has 0 saturated carbocycles. The number of benzene rings is 1. The summed E-state index contributed by atoms with van der Waals surface area (Å²) in [6.07, 6.45) is 3.62. The number of aryl methyl sites for hydroxylation is 1.